The number of aliphatic hydroxyl groups excluding tert-OH is 1. The molecule has 0 rings (SSSR count). The van der Waals surface area contributed by atoms with Gasteiger partial charge in [0.25, 0.3) is 0 Å². The third-order valence-corrected chi connectivity index (χ3v) is 1.49. The summed E-state index contributed by atoms with van der Waals surface area (Å²) in [6, 6.07) is 1.78. The van der Waals surface area contributed by atoms with Crippen LogP contribution in [-0.2, 0) is 9.53 Å². The van der Waals surface area contributed by atoms with E-state index in [0.717, 1.165) is 12.8 Å². The van der Waals surface area contributed by atoms with Crippen LogP contribution in [0.5, 0.6) is 0 Å². The van der Waals surface area contributed by atoms with Crippen molar-refractivity contribution in [1.29, 1.82) is 5.26 Å². The van der Waals surface area contributed by atoms with Gasteiger partial charge in [-0.15, -0.1) is 0 Å². The highest BCUT2D eigenvalue weighted by Gasteiger charge is 2.10. The van der Waals surface area contributed by atoms with Crippen molar-refractivity contribution in [3.05, 3.63) is 0 Å². The summed E-state index contributed by atoms with van der Waals surface area (Å²) in [5.74, 6) is -0.434. The van der Waals surface area contributed by atoms with Crippen molar-refractivity contribution in [3.8, 4) is 6.07 Å². The first kappa shape index (κ1) is 11.9. The zero-order valence-electron chi connectivity index (χ0n) is 7.82. The lowest BCUT2D eigenvalue weighted by atomic mass is 10.2. The molecule has 74 valence electrons. The molecular weight excluding hydrogens is 170 g/mol. The maximum absolute atomic E-state index is 10.9. The van der Waals surface area contributed by atoms with Crippen LogP contribution in [0.15, 0.2) is 0 Å². The number of nitriles is 1. The quantitative estimate of drug-likeness (QED) is 0.495. The Hall–Kier alpha value is -1.08. The maximum Gasteiger partial charge on any atom is 0.308 e. The van der Waals surface area contributed by atoms with Crippen LogP contribution in [0.1, 0.15) is 32.6 Å². The Labute approximate surface area is 78.1 Å². The molecule has 0 aliphatic heterocycles. The van der Waals surface area contributed by atoms with Crippen LogP contribution in [-0.4, -0.2) is 23.8 Å². The molecule has 0 aromatic carbocycles. The zero-order chi connectivity index (χ0) is 10.1. The van der Waals surface area contributed by atoms with Gasteiger partial charge in [0.15, 0.2) is 0 Å². The molecule has 0 saturated carbocycles. The number of carbonyl (C=O) groups excluding carboxylic acids is 1. The standard InChI is InChI=1S/C9H15NO3/c1-2-3-6-13-9(12)7-8(11)4-5-10/h8,11H,2-4,6-7H2,1H3/t8-/m1/s1. The number of esters is 1. The van der Waals surface area contributed by atoms with Crippen molar-refractivity contribution in [2.24, 2.45) is 0 Å². The third kappa shape index (κ3) is 7.29. The Morgan fingerprint density at radius 1 is 1.69 bits per heavy atom. The second-order valence-electron chi connectivity index (χ2n) is 2.79. The molecule has 0 aromatic rings. The number of nitrogens with zero attached hydrogens (tertiary/aromatic N) is 1. The molecule has 4 heteroatoms. The minimum absolute atomic E-state index is 0.0249. The molecular formula is C9H15NO3. The van der Waals surface area contributed by atoms with Crippen LogP contribution in [0.25, 0.3) is 0 Å². The average molecular weight is 185 g/mol. The van der Waals surface area contributed by atoms with Gasteiger partial charge in [-0.05, 0) is 6.42 Å². The van der Waals surface area contributed by atoms with Gasteiger partial charge >= 0.3 is 5.97 Å². The molecule has 0 aliphatic rings. The lowest BCUT2D eigenvalue weighted by molar-refractivity contribution is -0.145. The van der Waals surface area contributed by atoms with Gasteiger partial charge in [-0.3, -0.25) is 4.79 Å². The van der Waals surface area contributed by atoms with Gasteiger partial charge in [-0.25, -0.2) is 0 Å². The first-order valence-corrected chi connectivity index (χ1v) is 4.41. The minimum atomic E-state index is -0.890. The number of ether oxygens (including phenoxy) is 1. The SMILES string of the molecule is CCCCOC(=O)C[C@H](O)CC#N. The fourth-order valence-electron chi connectivity index (χ4n) is 0.759. The normalized spacial score (nSPS) is 11.8. The summed E-state index contributed by atoms with van der Waals surface area (Å²) < 4.78 is 4.79. The fraction of sp³-hybridized carbons (Fsp3) is 0.778. The van der Waals surface area contributed by atoms with E-state index in [4.69, 9.17) is 15.1 Å². The van der Waals surface area contributed by atoms with Crippen molar-refractivity contribution in [2.45, 2.75) is 38.7 Å². The summed E-state index contributed by atoms with van der Waals surface area (Å²) in [4.78, 5) is 10.9. The number of hydrogen-bond donors (Lipinski definition) is 1. The molecule has 0 bridgehead atoms. The summed E-state index contributed by atoms with van der Waals surface area (Å²) in [6.45, 7) is 2.40. The minimum Gasteiger partial charge on any atom is -0.466 e. The van der Waals surface area contributed by atoms with Crippen LogP contribution < -0.4 is 0 Å². The Bertz CT molecular complexity index is 186. The second-order valence-corrected chi connectivity index (χ2v) is 2.79. The lowest BCUT2D eigenvalue weighted by Crippen LogP contribution is -2.15. The summed E-state index contributed by atoms with van der Waals surface area (Å²) in [5, 5.41) is 17.3. The number of unbranched alkanes of at least 4 members (excludes halogenated alkanes) is 1. The van der Waals surface area contributed by atoms with Gasteiger partial charge in [0.2, 0.25) is 0 Å². The molecule has 0 radical (unpaired) electrons. The van der Waals surface area contributed by atoms with Crippen molar-refractivity contribution < 1.29 is 14.6 Å². The van der Waals surface area contributed by atoms with Crippen molar-refractivity contribution in [2.75, 3.05) is 6.61 Å². The predicted octanol–water partition coefficient (Wildman–Crippen LogP) is 0.994. The van der Waals surface area contributed by atoms with E-state index in [-0.39, 0.29) is 12.8 Å². The van der Waals surface area contributed by atoms with E-state index in [1.54, 1.807) is 6.07 Å². The van der Waals surface area contributed by atoms with Gasteiger partial charge < -0.3 is 9.84 Å². The van der Waals surface area contributed by atoms with Crippen LogP contribution in [0, 0.1) is 11.3 Å². The fourth-order valence-corrected chi connectivity index (χ4v) is 0.759. The highest BCUT2D eigenvalue weighted by atomic mass is 16.5. The average Bonchev–Trinajstić information content (AvgIpc) is 2.05. The Morgan fingerprint density at radius 3 is 2.92 bits per heavy atom. The van der Waals surface area contributed by atoms with Gasteiger partial charge in [0.1, 0.15) is 0 Å². The highest BCUT2D eigenvalue weighted by Crippen LogP contribution is 1.99. The number of rotatable bonds is 6. The number of aliphatic hydroxyl groups is 1. The Kier molecular flexibility index (Phi) is 6.93. The molecule has 4 nitrogen and oxygen atoms in total. The van der Waals surface area contributed by atoms with E-state index in [2.05, 4.69) is 0 Å². The monoisotopic (exact) mass is 185 g/mol. The molecule has 0 spiro atoms. The van der Waals surface area contributed by atoms with Crippen LogP contribution in [0.3, 0.4) is 0 Å². The smallest absolute Gasteiger partial charge is 0.308 e. The molecule has 0 heterocycles. The molecule has 0 saturated heterocycles. The highest BCUT2D eigenvalue weighted by molar-refractivity contribution is 5.69. The first-order chi connectivity index (χ1) is 6.20. The predicted molar refractivity (Wildman–Crippen MR) is 46.7 cm³/mol. The topological polar surface area (TPSA) is 70.3 Å². The molecule has 0 fully saturated rings. The van der Waals surface area contributed by atoms with E-state index in [1.807, 2.05) is 6.92 Å². The van der Waals surface area contributed by atoms with Gasteiger partial charge in [-0.2, -0.15) is 5.26 Å². The largest absolute Gasteiger partial charge is 0.466 e. The van der Waals surface area contributed by atoms with Gasteiger partial charge in [-0.1, -0.05) is 13.3 Å². The van der Waals surface area contributed by atoms with E-state index in [1.165, 1.54) is 0 Å². The zero-order valence-corrected chi connectivity index (χ0v) is 7.82. The van der Waals surface area contributed by atoms with Crippen LogP contribution in [0.4, 0.5) is 0 Å². The summed E-state index contributed by atoms with van der Waals surface area (Å²) in [6.07, 6.45) is 0.799. The van der Waals surface area contributed by atoms with Crippen LogP contribution in [0.2, 0.25) is 0 Å². The second kappa shape index (κ2) is 7.56. The molecule has 0 unspecified atom stereocenters. The van der Waals surface area contributed by atoms with Crippen molar-refractivity contribution >= 4 is 5.97 Å². The number of carbonyl (C=O) groups is 1. The molecule has 0 amide bonds. The summed E-state index contributed by atoms with van der Waals surface area (Å²) in [7, 11) is 0. The van der Waals surface area contributed by atoms with Crippen LogP contribution >= 0.6 is 0 Å². The molecule has 13 heavy (non-hydrogen) atoms. The summed E-state index contributed by atoms with van der Waals surface area (Å²) in [5.41, 5.74) is 0. The lowest BCUT2D eigenvalue weighted by Gasteiger charge is -2.06. The van der Waals surface area contributed by atoms with Crippen molar-refractivity contribution in [1.82, 2.24) is 0 Å². The van der Waals surface area contributed by atoms with Gasteiger partial charge in [0, 0.05) is 0 Å². The van der Waals surface area contributed by atoms with E-state index in [9.17, 15) is 4.79 Å². The van der Waals surface area contributed by atoms with E-state index in [0.29, 0.717) is 6.61 Å². The van der Waals surface area contributed by atoms with E-state index >= 15 is 0 Å². The maximum atomic E-state index is 10.9. The Balaban J connectivity index is 3.45. The van der Waals surface area contributed by atoms with Gasteiger partial charge in [0.05, 0.1) is 31.6 Å². The molecule has 0 aliphatic carbocycles. The Morgan fingerprint density at radius 2 is 2.38 bits per heavy atom. The number of hydrogen-bond acceptors (Lipinski definition) is 4. The first-order valence-electron chi connectivity index (χ1n) is 4.41. The molecule has 1 N–H and O–H groups in total. The summed E-state index contributed by atoms with van der Waals surface area (Å²) >= 11 is 0. The van der Waals surface area contributed by atoms with E-state index < -0.39 is 12.1 Å². The third-order valence-electron chi connectivity index (χ3n) is 1.49. The molecule has 0 aromatic heterocycles. The van der Waals surface area contributed by atoms with Crippen molar-refractivity contribution in [3.63, 3.8) is 0 Å². The molecule has 1 atom stereocenters.